The van der Waals surface area contributed by atoms with Gasteiger partial charge in [0.05, 0.1) is 5.75 Å². The topological polar surface area (TPSA) is 69.0 Å². The molecule has 0 aliphatic carbocycles. The van der Waals surface area contributed by atoms with Gasteiger partial charge >= 0.3 is 0 Å². The zero-order chi connectivity index (χ0) is 21.6. The Kier molecular flexibility index (Phi) is 6.33. The van der Waals surface area contributed by atoms with Crippen LogP contribution in [0.25, 0.3) is 11.4 Å². The van der Waals surface area contributed by atoms with Gasteiger partial charge in [-0.2, -0.15) is 0 Å². The van der Waals surface area contributed by atoms with Crippen molar-refractivity contribution in [2.45, 2.75) is 12.1 Å². The molecule has 7 heteroatoms. The van der Waals surface area contributed by atoms with E-state index in [9.17, 15) is 4.79 Å². The molecule has 0 radical (unpaired) electrons. The van der Waals surface area contributed by atoms with E-state index in [0.29, 0.717) is 16.6 Å². The largest absolute Gasteiger partial charge is 0.457 e. The number of ether oxygens (including phenoxy) is 1. The van der Waals surface area contributed by atoms with Crippen LogP contribution in [0, 0.1) is 6.92 Å². The van der Waals surface area contributed by atoms with Crippen molar-refractivity contribution in [3.8, 4) is 22.9 Å². The number of nitrogens with one attached hydrogen (secondary N) is 1. The summed E-state index contributed by atoms with van der Waals surface area (Å²) in [5, 5.41) is 12.1. The molecule has 1 N–H and O–H groups in total. The van der Waals surface area contributed by atoms with Crippen molar-refractivity contribution in [2.75, 3.05) is 11.1 Å². The normalized spacial score (nSPS) is 10.6. The molecular formula is C24H22N4O2S. The van der Waals surface area contributed by atoms with Crippen molar-refractivity contribution in [1.29, 1.82) is 0 Å². The van der Waals surface area contributed by atoms with E-state index in [0.717, 1.165) is 17.1 Å². The third kappa shape index (κ3) is 5.32. The van der Waals surface area contributed by atoms with E-state index in [2.05, 4.69) is 15.5 Å². The minimum absolute atomic E-state index is 0.110. The molecule has 3 aromatic carbocycles. The zero-order valence-electron chi connectivity index (χ0n) is 17.3. The molecule has 6 nitrogen and oxygen atoms in total. The number of hydrogen-bond acceptors (Lipinski definition) is 5. The highest BCUT2D eigenvalue weighted by molar-refractivity contribution is 7.99. The molecule has 4 rings (SSSR count). The first-order valence-corrected chi connectivity index (χ1v) is 10.8. The molecule has 0 aliphatic heterocycles. The first-order chi connectivity index (χ1) is 15.1. The summed E-state index contributed by atoms with van der Waals surface area (Å²) in [6, 6.07) is 25.0. The molecule has 0 unspecified atom stereocenters. The van der Waals surface area contributed by atoms with Crippen LogP contribution in [0.5, 0.6) is 11.5 Å². The first-order valence-electron chi connectivity index (χ1n) is 9.80. The van der Waals surface area contributed by atoms with Gasteiger partial charge in [-0.25, -0.2) is 0 Å². The van der Waals surface area contributed by atoms with Gasteiger partial charge < -0.3 is 14.6 Å². The molecule has 0 fully saturated rings. The third-order valence-corrected chi connectivity index (χ3v) is 5.61. The molecule has 1 heterocycles. The fourth-order valence-electron chi connectivity index (χ4n) is 2.95. The van der Waals surface area contributed by atoms with Crippen LogP contribution in [0.2, 0.25) is 0 Å². The monoisotopic (exact) mass is 430 g/mol. The number of benzene rings is 3. The Balaban J connectivity index is 1.32. The minimum Gasteiger partial charge on any atom is -0.457 e. The maximum atomic E-state index is 12.4. The average molecular weight is 431 g/mol. The van der Waals surface area contributed by atoms with Gasteiger partial charge in [-0.3, -0.25) is 4.79 Å². The van der Waals surface area contributed by atoms with E-state index >= 15 is 0 Å². The number of aryl methyl sites for hydroxylation is 1. The number of anilines is 1. The lowest BCUT2D eigenvalue weighted by Gasteiger charge is -2.08. The van der Waals surface area contributed by atoms with Crippen LogP contribution in [0.1, 0.15) is 5.56 Å². The minimum atomic E-state index is -0.110. The Morgan fingerprint density at radius 2 is 1.61 bits per heavy atom. The van der Waals surface area contributed by atoms with Crippen LogP contribution in [0.3, 0.4) is 0 Å². The van der Waals surface area contributed by atoms with Gasteiger partial charge in [0.15, 0.2) is 11.0 Å². The van der Waals surface area contributed by atoms with Gasteiger partial charge in [0.25, 0.3) is 0 Å². The number of carbonyl (C=O) groups excluding carboxylic acids is 1. The van der Waals surface area contributed by atoms with E-state index in [-0.39, 0.29) is 11.7 Å². The number of aromatic nitrogens is 3. The lowest BCUT2D eigenvalue weighted by molar-refractivity contribution is -0.113. The summed E-state index contributed by atoms with van der Waals surface area (Å²) in [4.78, 5) is 12.4. The standard InChI is InChI=1S/C24H22N4O2S/c1-17-8-10-18(11-9-17)23-26-27-24(28(23)2)31-16-22(29)25-19-12-14-21(15-13-19)30-20-6-4-3-5-7-20/h3-15H,16H2,1-2H3,(H,25,29). The Bertz CT molecular complexity index is 1160. The van der Waals surface area contributed by atoms with Gasteiger partial charge in [0, 0.05) is 18.3 Å². The van der Waals surface area contributed by atoms with Crippen LogP contribution in [0.4, 0.5) is 5.69 Å². The molecule has 1 aromatic heterocycles. The van der Waals surface area contributed by atoms with E-state index < -0.39 is 0 Å². The molecule has 4 aromatic rings. The summed E-state index contributed by atoms with van der Waals surface area (Å²) in [5.41, 5.74) is 2.90. The number of thioether (sulfide) groups is 1. The second-order valence-electron chi connectivity index (χ2n) is 7.01. The van der Waals surface area contributed by atoms with Crippen molar-refractivity contribution < 1.29 is 9.53 Å². The maximum Gasteiger partial charge on any atom is 0.234 e. The van der Waals surface area contributed by atoms with Crippen LogP contribution >= 0.6 is 11.8 Å². The van der Waals surface area contributed by atoms with Crippen LogP contribution in [0.15, 0.2) is 84.0 Å². The fraction of sp³-hybridized carbons (Fsp3) is 0.125. The molecule has 0 atom stereocenters. The van der Waals surface area contributed by atoms with E-state index in [1.165, 1.54) is 17.3 Å². The molecule has 0 aliphatic rings. The lowest BCUT2D eigenvalue weighted by Crippen LogP contribution is -2.14. The van der Waals surface area contributed by atoms with Crippen LogP contribution < -0.4 is 10.1 Å². The molecule has 31 heavy (non-hydrogen) atoms. The summed E-state index contributed by atoms with van der Waals surface area (Å²) in [7, 11) is 1.90. The van der Waals surface area contributed by atoms with E-state index in [1.54, 1.807) is 0 Å². The number of rotatable bonds is 7. The van der Waals surface area contributed by atoms with Crippen LogP contribution in [-0.2, 0) is 11.8 Å². The molecule has 0 spiro atoms. The Labute approximate surface area is 185 Å². The Morgan fingerprint density at radius 1 is 0.935 bits per heavy atom. The first kappa shape index (κ1) is 20.7. The highest BCUT2D eigenvalue weighted by atomic mass is 32.2. The zero-order valence-corrected chi connectivity index (χ0v) is 18.1. The SMILES string of the molecule is Cc1ccc(-c2nnc(SCC(=O)Nc3ccc(Oc4ccccc4)cc3)n2C)cc1. The van der Waals surface area contributed by atoms with Crippen molar-refractivity contribution in [3.05, 3.63) is 84.4 Å². The maximum absolute atomic E-state index is 12.4. The number of hydrogen-bond donors (Lipinski definition) is 1. The number of nitrogens with zero attached hydrogens (tertiary/aromatic N) is 3. The van der Waals surface area contributed by atoms with E-state index in [1.807, 2.05) is 97.4 Å². The Morgan fingerprint density at radius 3 is 2.32 bits per heavy atom. The van der Waals surface area contributed by atoms with Gasteiger partial charge in [-0.1, -0.05) is 59.8 Å². The predicted octanol–water partition coefficient (Wildman–Crippen LogP) is 5.31. The van der Waals surface area contributed by atoms with Gasteiger partial charge in [0.1, 0.15) is 11.5 Å². The van der Waals surface area contributed by atoms with Gasteiger partial charge in [-0.05, 0) is 43.3 Å². The molecule has 0 bridgehead atoms. The number of para-hydroxylation sites is 1. The van der Waals surface area contributed by atoms with Crippen molar-refractivity contribution >= 4 is 23.4 Å². The summed E-state index contributed by atoms with van der Waals surface area (Å²) in [5.74, 6) is 2.38. The summed E-state index contributed by atoms with van der Waals surface area (Å²) >= 11 is 1.35. The summed E-state index contributed by atoms with van der Waals surface area (Å²) < 4.78 is 7.67. The molecule has 0 saturated heterocycles. The Hall–Kier alpha value is -3.58. The second kappa shape index (κ2) is 9.49. The highest BCUT2D eigenvalue weighted by Gasteiger charge is 2.13. The van der Waals surface area contributed by atoms with Crippen molar-refractivity contribution in [1.82, 2.24) is 14.8 Å². The van der Waals surface area contributed by atoms with Crippen molar-refractivity contribution in [3.63, 3.8) is 0 Å². The molecule has 156 valence electrons. The average Bonchev–Trinajstić information content (AvgIpc) is 3.15. The number of carbonyl (C=O) groups is 1. The molecule has 1 amide bonds. The summed E-state index contributed by atoms with van der Waals surface area (Å²) in [6.45, 7) is 2.05. The fourth-order valence-corrected chi connectivity index (χ4v) is 3.66. The highest BCUT2D eigenvalue weighted by Crippen LogP contribution is 2.24. The quantitative estimate of drug-likeness (QED) is 0.402. The molecule has 0 saturated carbocycles. The third-order valence-electron chi connectivity index (χ3n) is 4.59. The van der Waals surface area contributed by atoms with Gasteiger partial charge in [-0.15, -0.1) is 10.2 Å². The van der Waals surface area contributed by atoms with Gasteiger partial charge in [0.2, 0.25) is 5.91 Å². The van der Waals surface area contributed by atoms with Crippen molar-refractivity contribution in [2.24, 2.45) is 7.05 Å². The number of amides is 1. The lowest BCUT2D eigenvalue weighted by atomic mass is 10.1. The second-order valence-corrected chi connectivity index (χ2v) is 7.95. The molecular weight excluding hydrogens is 408 g/mol. The van der Waals surface area contributed by atoms with Crippen LogP contribution in [-0.4, -0.2) is 26.4 Å². The van der Waals surface area contributed by atoms with E-state index in [4.69, 9.17) is 4.74 Å². The summed E-state index contributed by atoms with van der Waals surface area (Å²) in [6.07, 6.45) is 0. The smallest absolute Gasteiger partial charge is 0.234 e. The predicted molar refractivity (Wildman–Crippen MR) is 123 cm³/mol.